The summed E-state index contributed by atoms with van der Waals surface area (Å²) in [7, 11) is 1.66. The van der Waals surface area contributed by atoms with Crippen LogP contribution in [-0.2, 0) is 16.1 Å². The lowest BCUT2D eigenvalue weighted by atomic mass is 10.2. The summed E-state index contributed by atoms with van der Waals surface area (Å²) < 4.78 is 5.41. The largest absolute Gasteiger partial charge is 0.385 e. The fraction of sp³-hybridized carbons (Fsp3) is 0.600. The third-order valence-corrected chi connectivity index (χ3v) is 3.55. The van der Waals surface area contributed by atoms with Gasteiger partial charge in [-0.05, 0) is 18.6 Å². The van der Waals surface area contributed by atoms with Gasteiger partial charge in [0, 0.05) is 38.6 Å². The van der Waals surface area contributed by atoms with Gasteiger partial charge in [-0.25, -0.2) is 0 Å². The lowest BCUT2D eigenvalue weighted by molar-refractivity contribution is -0.132. The topological polar surface area (TPSA) is 66.5 Å². The van der Waals surface area contributed by atoms with E-state index in [4.69, 9.17) is 4.74 Å². The van der Waals surface area contributed by atoms with Gasteiger partial charge in [0.05, 0.1) is 18.9 Å². The monoisotopic (exact) mass is 292 g/mol. The molecular formula is C15H24N4O2. The van der Waals surface area contributed by atoms with Crippen molar-refractivity contribution in [3.8, 4) is 0 Å². The molecule has 6 heteroatoms. The zero-order chi connectivity index (χ0) is 15.1. The van der Waals surface area contributed by atoms with Crippen LogP contribution in [0.15, 0.2) is 18.3 Å². The Morgan fingerprint density at radius 3 is 3.19 bits per heavy atom. The summed E-state index contributed by atoms with van der Waals surface area (Å²) in [5, 5.41) is 6.05. The first-order chi connectivity index (χ1) is 10.2. The summed E-state index contributed by atoms with van der Waals surface area (Å²) in [6, 6.07) is 3.78. The molecule has 2 N–H and O–H groups in total. The van der Waals surface area contributed by atoms with Crippen LogP contribution < -0.4 is 10.6 Å². The number of aromatic nitrogens is 1. The molecule has 1 fully saturated rings. The Bertz CT molecular complexity index is 467. The van der Waals surface area contributed by atoms with Gasteiger partial charge in [0.1, 0.15) is 6.04 Å². The third kappa shape index (κ3) is 4.41. The molecule has 0 saturated carbocycles. The Morgan fingerprint density at radius 1 is 1.57 bits per heavy atom. The number of carbonyl (C=O) groups excluding carboxylic acids is 1. The van der Waals surface area contributed by atoms with Gasteiger partial charge in [-0.1, -0.05) is 6.92 Å². The van der Waals surface area contributed by atoms with Crippen LogP contribution in [0, 0.1) is 0 Å². The molecule has 116 valence electrons. The molecule has 1 aromatic rings. The molecular weight excluding hydrogens is 268 g/mol. The first kappa shape index (κ1) is 15.7. The molecule has 0 aromatic carbocycles. The highest BCUT2D eigenvalue weighted by atomic mass is 16.5. The van der Waals surface area contributed by atoms with Crippen LogP contribution in [0.25, 0.3) is 0 Å². The predicted octanol–water partition coefficient (Wildman–Crippen LogP) is 0.850. The number of carbonyl (C=O) groups is 1. The summed E-state index contributed by atoms with van der Waals surface area (Å²) in [4.78, 5) is 18.4. The molecule has 1 amide bonds. The Hall–Kier alpha value is -1.66. The number of ether oxygens (including phenoxy) is 1. The number of anilines is 1. The molecule has 1 aliphatic heterocycles. The number of likely N-dealkylation sites (N-methyl/N-ethyl adjacent to an activating group) is 1. The minimum atomic E-state index is -0.238. The highest BCUT2D eigenvalue weighted by Gasteiger charge is 2.28. The van der Waals surface area contributed by atoms with E-state index >= 15 is 0 Å². The van der Waals surface area contributed by atoms with Crippen molar-refractivity contribution < 1.29 is 9.53 Å². The molecule has 6 nitrogen and oxygen atoms in total. The molecule has 2 heterocycles. The molecule has 2 rings (SSSR count). The van der Waals surface area contributed by atoms with E-state index in [-0.39, 0.29) is 11.9 Å². The normalized spacial score (nSPS) is 19.2. The molecule has 1 unspecified atom stereocenters. The summed E-state index contributed by atoms with van der Waals surface area (Å²) in [5.41, 5.74) is 2.04. The number of pyridine rings is 1. The maximum Gasteiger partial charge on any atom is 0.239 e. The molecule has 0 spiro atoms. The van der Waals surface area contributed by atoms with Crippen LogP contribution in [-0.4, -0.2) is 55.2 Å². The van der Waals surface area contributed by atoms with Crippen molar-refractivity contribution in [2.75, 3.05) is 38.7 Å². The highest BCUT2D eigenvalue weighted by molar-refractivity contribution is 5.81. The molecule has 0 radical (unpaired) electrons. The quantitative estimate of drug-likeness (QED) is 0.814. The zero-order valence-electron chi connectivity index (χ0n) is 12.8. The van der Waals surface area contributed by atoms with E-state index < -0.39 is 0 Å². The SMILES string of the molecule is CCCNc1ccnc(CN2CCOCC2C(=O)NC)c1. The van der Waals surface area contributed by atoms with Crippen molar-refractivity contribution in [3.63, 3.8) is 0 Å². The molecule has 1 atom stereocenters. The second kappa shape index (κ2) is 7.95. The van der Waals surface area contributed by atoms with Crippen LogP contribution in [0.5, 0.6) is 0 Å². The van der Waals surface area contributed by atoms with Gasteiger partial charge in [-0.15, -0.1) is 0 Å². The van der Waals surface area contributed by atoms with Crippen molar-refractivity contribution in [2.24, 2.45) is 0 Å². The van der Waals surface area contributed by atoms with E-state index in [0.29, 0.717) is 19.8 Å². The van der Waals surface area contributed by atoms with Gasteiger partial charge in [-0.3, -0.25) is 14.7 Å². The van der Waals surface area contributed by atoms with E-state index in [1.54, 1.807) is 7.05 Å². The average molecular weight is 292 g/mol. The van der Waals surface area contributed by atoms with E-state index in [2.05, 4.69) is 27.4 Å². The Morgan fingerprint density at radius 2 is 2.43 bits per heavy atom. The smallest absolute Gasteiger partial charge is 0.239 e. The number of amides is 1. The molecule has 21 heavy (non-hydrogen) atoms. The van der Waals surface area contributed by atoms with E-state index in [0.717, 1.165) is 30.9 Å². The van der Waals surface area contributed by atoms with Crippen molar-refractivity contribution in [2.45, 2.75) is 25.9 Å². The molecule has 1 saturated heterocycles. The maximum absolute atomic E-state index is 11.9. The number of hydrogen-bond donors (Lipinski definition) is 2. The fourth-order valence-corrected chi connectivity index (χ4v) is 2.39. The molecule has 0 bridgehead atoms. The van der Waals surface area contributed by atoms with Crippen LogP contribution >= 0.6 is 0 Å². The average Bonchev–Trinajstić information content (AvgIpc) is 2.53. The Kier molecular flexibility index (Phi) is 5.95. The van der Waals surface area contributed by atoms with E-state index in [1.807, 2.05) is 18.3 Å². The first-order valence-corrected chi connectivity index (χ1v) is 7.46. The predicted molar refractivity (Wildman–Crippen MR) is 82.1 cm³/mol. The summed E-state index contributed by atoms with van der Waals surface area (Å²) in [6.45, 7) is 5.57. The van der Waals surface area contributed by atoms with Crippen molar-refractivity contribution in [1.29, 1.82) is 0 Å². The summed E-state index contributed by atoms with van der Waals surface area (Å²) in [5.74, 6) is -0.00466. The molecule has 1 aromatic heterocycles. The number of hydrogen-bond acceptors (Lipinski definition) is 5. The number of morpholine rings is 1. The van der Waals surface area contributed by atoms with Gasteiger partial charge < -0.3 is 15.4 Å². The Balaban J connectivity index is 2.03. The third-order valence-electron chi connectivity index (χ3n) is 3.55. The van der Waals surface area contributed by atoms with Gasteiger partial charge in [0.2, 0.25) is 5.91 Å². The minimum absolute atomic E-state index is 0.00466. The second-order valence-corrected chi connectivity index (χ2v) is 5.14. The van der Waals surface area contributed by atoms with Gasteiger partial charge in [-0.2, -0.15) is 0 Å². The van der Waals surface area contributed by atoms with Crippen LogP contribution in [0.4, 0.5) is 5.69 Å². The van der Waals surface area contributed by atoms with Gasteiger partial charge >= 0.3 is 0 Å². The highest BCUT2D eigenvalue weighted by Crippen LogP contribution is 2.14. The summed E-state index contributed by atoms with van der Waals surface area (Å²) in [6.07, 6.45) is 2.89. The van der Waals surface area contributed by atoms with Gasteiger partial charge in [0.25, 0.3) is 0 Å². The maximum atomic E-state index is 11.9. The first-order valence-electron chi connectivity index (χ1n) is 7.46. The van der Waals surface area contributed by atoms with Crippen molar-refractivity contribution in [1.82, 2.24) is 15.2 Å². The van der Waals surface area contributed by atoms with Crippen LogP contribution in [0.1, 0.15) is 19.0 Å². The van der Waals surface area contributed by atoms with Crippen LogP contribution in [0.2, 0.25) is 0 Å². The minimum Gasteiger partial charge on any atom is -0.385 e. The lowest BCUT2D eigenvalue weighted by Gasteiger charge is -2.33. The zero-order valence-corrected chi connectivity index (χ0v) is 12.8. The van der Waals surface area contributed by atoms with Gasteiger partial charge in [0.15, 0.2) is 0 Å². The Labute approximate surface area is 125 Å². The van der Waals surface area contributed by atoms with Crippen LogP contribution in [0.3, 0.4) is 0 Å². The van der Waals surface area contributed by atoms with E-state index in [1.165, 1.54) is 0 Å². The standard InChI is InChI=1S/C15H24N4O2/c1-3-5-17-12-4-6-18-13(9-12)10-19-7-8-21-11-14(19)15(20)16-2/h4,6,9,14H,3,5,7-8,10-11H2,1-2H3,(H,16,20)(H,17,18). The number of nitrogens with zero attached hydrogens (tertiary/aromatic N) is 2. The van der Waals surface area contributed by atoms with Crippen molar-refractivity contribution in [3.05, 3.63) is 24.0 Å². The number of nitrogens with one attached hydrogen (secondary N) is 2. The molecule has 1 aliphatic rings. The number of rotatable bonds is 6. The lowest BCUT2D eigenvalue weighted by Crippen LogP contribution is -2.52. The molecule has 0 aliphatic carbocycles. The van der Waals surface area contributed by atoms with Crippen molar-refractivity contribution >= 4 is 11.6 Å². The summed E-state index contributed by atoms with van der Waals surface area (Å²) >= 11 is 0. The second-order valence-electron chi connectivity index (χ2n) is 5.14. The van der Waals surface area contributed by atoms with E-state index in [9.17, 15) is 4.79 Å². The fourth-order valence-electron chi connectivity index (χ4n) is 2.39.